The van der Waals surface area contributed by atoms with Gasteiger partial charge in [-0.25, -0.2) is 4.99 Å². The predicted molar refractivity (Wildman–Crippen MR) is 122 cm³/mol. The molecule has 0 radical (unpaired) electrons. The number of para-hydroxylation sites is 1. The Bertz CT molecular complexity index is 974. The Balaban J connectivity index is 1.41. The molecule has 3 heterocycles. The molecule has 0 atom stereocenters. The van der Waals surface area contributed by atoms with Crippen LogP contribution in [0.5, 0.6) is 0 Å². The zero-order valence-electron chi connectivity index (χ0n) is 17.3. The van der Waals surface area contributed by atoms with Gasteiger partial charge in [0, 0.05) is 49.5 Å². The van der Waals surface area contributed by atoms with Crippen LogP contribution in [0.4, 0.5) is 5.69 Å². The molecule has 1 N–H and O–H groups in total. The molecule has 154 valence electrons. The van der Waals surface area contributed by atoms with E-state index in [0.717, 1.165) is 86.4 Å². The minimum absolute atomic E-state index is 0.858. The van der Waals surface area contributed by atoms with Crippen LogP contribution < -0.4 is 5.32 Å². The summed E-state index contributed by atoms with van der Waals surface area (Å²) < 4.78 is 5.47. The molecule has 30 heavy (non-hydrogen) atoms. The minimum Gasteiger partial charge on any atom is -0.379 e. The fourth-order valence-electron chi connectivity index (χ4n) is 4.29. The number of hydrogen-bond donors (Lipinski definition) is 1. The van der Waals surface area contributed by atoms with Crippen LogP contribution in [0.1, 0.15) is 17.5 Å². The topological polar surface area (TPSA) is 40.1 Å². The molecule has 0 aliphatic carbocycles. The van der Waals surface area contributed by atoms with Gasteiger partial charge in [0.15, 0.2) is 0 Å². The van der Waals surface area contributed by atoms with Gasteiger partial charge in [0.1, 0.15) is 11.5 Å². The first-order valence-corrected chi connectivity index (χ1v) is 10.8. The quantitative estimate of drug-likeness (QED) is 0.831. The maximum absolute atomic E-state index is 5.47. The number of aliphatic imine (C=N–C) groups is 1. The van der Waals surface area contributed by atoms with Crippen molar-refractivity contribution in [1.82, 2.24) is 9.80 Å². The van der Waals surface area contributed by atoms with E-state index in [-0.39, 0.29) is 0 Å². The van der Waals surface area contributed by atoms with E-state index in [1.165, 1.54) is 0 Å². The second-order valence-corrected chi connectivity index (χ2v) is 7.89. The average Bonchev–Trinajstić information content (AvgIpc) is 2.98. The van der Waals surface area contributed by atoms with E-state index in [9.17, 15) is 0 Å². The van der Waals surface area contributed by atoms with Crippen LogP contribution in [0, 0.1) is 0 Å². The highest BCUT2D eigenvalue weighted by atomic mass is 16.5. The van der Waals surface area contributed by atoms with E-state index >= 15 is 0 Å². The van der Waals surface area contributed by atoms with E-state index < -0.39 is 0 Å². The van der Waals surface area contributed by atoms with Crippen LogP contribution in [0.15, 0.2) is 83.3 Å². The molecule has 1 fully saturated rings. The van der Waals surface area contributed by atoms with Crippen molar-refractivity contribution < 1.29 is 4.74 Å². The SMILES string of the molecule is C1=CC2=C(Nc3ccccc3C(c3ccccc3)=N2)N(CCCN2CCOCC2)C1. The fraction of sp³-hybridized carbons (Fsp3) is 0.320. The van der Waals surface area contributed by atoms with Gasteiger partial charge in [-0.3, -0.25) is 4.90 Å². The highest BCUT2D eigenvalue weighted by molar-refractivity contribution is 6.17. The summed E-state index contributed by atoms with van der Waals surface area (Å²) in [5, 5.41) is 3.71. The standard InChI is InChI=1S/C25H28N4O/c1-2-8-20(9-3-1)24-21-10-4-5-11-22(21)27-25-23(26-24)12-6-14-29(25)15-7-13-28-16-18-30-19-17-28/h1-6,8-12,27H,7,13-19H2. The van der Waals surface area contributed by atoms with Gasteiger partial charge in [-0.1, -0.05) is 54.6 Å². The summed E-state index contributed by atoms with van der Waals surface area (Å²) in [6, 6.07) is 18.9. The Morgan fingerprint density at radius 1 is 0.933 bits per heavy atom. The second kappa shape index (κ2) is 8.86. The van der Waals surface area contributed by atoms with E-state index in [4.69, 9.17) is 9.73 Å². The van der Waals surface area contributed by atoms with Crippen molar-refractivity contribution in [2.75, 3.05) is 51.3 Å². The summed E-state index contributed by atoms with van der Waals surface area (Å²) in [7, 11) is 0. The number of hydrogen-bond acceptors (Lipinski definition) is 5. The van der Waals surface area contributed by atoms with E-state index in [0.29, 0.717) is 0 Å². The molecule has 0 spiro atoms. The first kappa shape index (κ1) is 19.1. The lowest BCUT2D eigenvalue weighted by atomic mass is 10.0. The normalized spacial score (nSPS) is 18.9. The summed E-state index contributed by atoms with van der Waals surface area (Å²) in [4.78, 5) is 10.1. The Labute approximate surface area is 178 Å². The molecular formula is C25H28N4O. The number of rotatable bonds is 5. The van der Waals surface area contributed by atoms with Crippen LogP contribution in [-0.2, 0) is 4.74 Å². The molecule has 5 rings (SSSR count). The first-order valence-electron chi connectivity index (χ1n) is 10.8. The molecule has 2 aromatic carbocycles. The smallest absolute Gasteiger partial charge is 0.133 e. The zero-order chi connectivity index (χ0) is 20.2. The minimum atomic E-state index is 0.858. The lowest BCUT2D eigenvalue weighted by Gasteiger charge is -2.32. The molecule has 0 amide bonds. The van der Waals surface area contributed by atoms with Crippen molar-refractivity contribution in [3.8, 4) is 0 Å². The third kappa shape index (κ3) is 4.04. The summed E-state index contributed by atoms with van der Waals surface area (Å²) in [5.41, 5.74) is 5.41. The number of fused-ring (bicyclic) bond motifs is 1. The second-order valence-electron chi connectivity index (χ2n) is 7.89. The van der Waals surface area contributed by atoms with Crippen molar-refractivity contribution in [2.24, 2.45) is 4.99 Å². The van der Waals surface area contributed by atoms with Crippen molar-refractivity contribution in [3.63, 3.8) is 0 Å². The van der Waals surface area contributed by atoms with Gasteiger partial charge in [-0.2, -0.15) is 0 Å². The Morgan fingerprint density at radius 3 is 2.60 bits per heavy atom. The predicted octanol–water partition coefficient (Wildman–Crippen LogP) is 3.71. The summed E-state index contributed by atoms with van der Waals surface area (Å²) >= 11 is 0. The highest BCUT2D eigenvalue weighted by Gasteiger charge is 2.23. The van der Waals surface area contributed by atoms with Gasteiger partial charge in [0.2, 0.25) is 0 Å². The third-order valence-electron chi connectivity index (χ3n) is 5.88. The Kier molecular flexibility index (Phi) is 5.64. The summed E-state index contributed by atoms with van der Waals surface area (Å²) in [5.74, 6) is 1.11. The van der Waals surface area contributed by atoms with Gasteiger partial charge in [0.05, 0.1) is 18.9 Å². The molecule has 3 aliphatic rings. The highest BCUT2D eigenvalue weighted by Crippen LogP contribution is 2.30. The maximum atomic E-state index is 5.47. The van der Waals surface area contributed by atoms with Crippen LogP contribution in [0.25, 0.3) is 0 Å². The Hall–Kier alpha value is -2.89. The van der Waals surface area contributed by atoms with Crippen LogP contribution in [-0.4, -0.2) is 61.4 Å². The Morgan fingerprint density at radius 2 is 1.73 bits per heavy atom. The molecule has 5 heteroatoms. The third-order valence-corrected chi connectivity index (χ3v) is 5.88. The lowest BCUT2D eigenvalue weighted by Crippen LogP contribution is -2.38. The first-order chi connectivity index (χ1) is 14.9. The molecule has 0 aromatic heterocycles. The van der Waals surface area contributed by atoms with Gasteiger partial charge in [-0.15, -0.1) is 0 Å². The molecular weight excluding hydrogens is 372 g/mol. The van der Waals surface area contributed by atoms with Crippen LogP contribution in [0.2, 0.25) is 0 Å². The molecule has 0 unspecified atom stereocenters. The van der Waals surface area contributed by atoms with Crippen molar-refractivity contribution in [2.45, 2.75) is 6.42 Å². The van der Waals surface area contributed by atoms with E-state index in [2.05, 4.69) is 75.8 Å². The van der Waals surface area contributed by atoms with Crippen molar-refractivity contribution in [3.05, 3.63) is 89.4 Å². The number of nitrogens with one attached hydrogen (secondary N) is 1. The molecule has 1 saturated heterocycles. The number of nitrogens with zero attached hydrogens (tertiary/aromatic N) is 3. The van der Waals surface area contributed by atoms with E-state index in [1.54, 1.807) is 0 Å². The van der Waals surface area contributed by atoms with Gasteiger partial charge >= 0.3 is 0 Å². The molecule has 2 aromatic rings. The average molecular weight is 401 g/mol. The number of morpholine rings is 1. The monoisotopic (exact) mass is 400 g/mol. The van der Waals surface area contributed by atoms with Gasteiger partial charge in [-0.05, 0) is 18.6 Å². The molecule has 3 aliphatic heterocycles. The van der Waals surface area contributed by atoms with Crippen LogP contribution in [0.3, 0.4) is 0 Å². The van der Waals surface area contributed by atoms with Gasteiger partial charge in [0.25, 0.3) is 0 Å². The zero-order valence-corrected chi connectivity index (χ0v) is 17.3. The molecule has 0 saturated carbocycles. The number of allylic oxidation sites excluding steroid dienone is 1. The molecule has 5 nitrogen and oxygen atoms in total. The summed E-state index contributed by atoms with van der Waals surface area (Å²) in [6.45, 7) is 6.84. The summed E-state index contributed by atoms with van der Waals surface area (Å²) in [6.07, 6.45) is 5.50. The fourth-order valence-corrected chi connectivity index (χ4v) is 4.29. The van der Waals surface area contributed by atoms with Crippen molar-refractivity contribution >= 4 is 11.4 Å². The lowest BCUT2D eigenvalue weighted by molar-refractivity contribution is 0.0366. The largest absolute Gasteiger partial charge is 0.379 e. The van der Waals surface area contributed by atoms with Crippen molar-refractivity contribution in [1.29, 1.82) is 0 Å². The number of ether oxygens (including phenoxy) is 1. The maximum Gasteiger partial charge on any atom is 0.133 e. The van der Waals surface area contributed by atoms with Crippen LogP contribution >= 0.6 is 0 Å². The van der Waals surface area contributed by atoms with E-state index in [1.807, 2.05) is 6.07 Å². The number of anilines is 1. The van der Waals surface area contributed by atoms with Gasteiger partial charge < -0.3 is 15.0 Å². The number of benzene rings is 2. The molecule has 0 bridgehead atoms.